The largest absolute Gasteiger partial charge is 0.466 e. The average molecular weight is 284 g/mol. The van der Waals surface area contributed by atoms with Crippen molar-refractivity contribution >= 4 is 5.97 Å². The molecular weight excluding hydrogens is 252 g/mol. The highest BCUT2D eigenvalue weighted by Crippen LogP contribution is 2.27. The van der Waals surface area contributed by atoms with E-state index in [9.17, 15) is 4.79 Å². The van der Waals surface area contributed by atoms with Crippen molar-refractivity contribution in [3.05, 3.63) is 0 Å². The summed E-state index contributed by atoms with van der Waals surface area (Å²) in [6, 6.07) is 0.583. The lowest BCUT2D eigenvalue weighted by Crippen LogP contribution is -2.48. The molecule has 1 aliphatic heterocycles. The lowest BCUT2D eigenvalue weighted by molar-refractivity contribution is -0.145. The smallest absolute Gasteiger partial charge is 0.307 e. The Morgan fingerprint density at radius 1 is 1.30 bits per heavy atom. The molecule has 0 aromatic rings. The van der Waals surface area contributed by atoms with Gasteiger partial charge in [0.15, 0.2) is 0 Å². The van der Waals surface area contributed by atoms with E-state index in [4.69, 9.17) is 4.74 Å². The standard InChI is InChI=1S/C16H32N2O2/c1-5-10-17-16(13-15(19)20-6-2)8-7-11-18(12-9-16)14(3)4/h14,17H,5-13H2,1-4H3. The number of hydrogen-bond acceptors (Lipinski definition) is 4. The van der Waals surface area contributed by atoms with Gasteiger partial charge in [0.25, 0.3) is 0 Å². The third kappa shape index (κ3) is 5.41. The topological polar surface area (TPSA) is 41.6 Å². The van der Waals surface area contributed by atoms with Gasteiger partial charge in [-0.25, -0.2) is 0 Å². The number of esters is 1. The number of ether oxygens (including phenoxy) is 1. The van der Waals surface area contributed by atoms with Crippen LogP contribution in [0.15, 0.2) is 0 Å². The van der Waals surface area contributed by atoms with Gasteiger partial charge in [-0.3, -0.25) is 4.79 Å². The van der Waals surface area contributed by atoms with Crippen LogP contribution in [-0.2, 0) is 9.53 Å². The third-order valence-electron chi connectivity index (χ3n) is 4.25. The summed E-state index contributed by atoms with van der Waals surface area (Å²) in [6.45, 7) is 12.2. The molecule has 0 amide bonds. The van der Waals surface area contributed by atoms with Crippen LogP contribution in [-0.4, -0.2) is 48.7 Å². The minimum Gasteiger partial charge on any atom is -0.466 e. The lowest BCUT2D eigenvalue weighted by atomic mass is 9.86. The molecule has 0 aromatic heterocycles. The number of hydrogen-bond donors (Lipinski definition) is 1. The quantitative estimate of drug-likeness (QED) is 0.730. The van der Waals surface area contributed by atoms with Gasteiger partial charge in [-0.15, -0.1) is 0 Å². The molecule has 20 heavy (non-hydrogen) atoms. The van der Waals surface area contributed by atoms with Gasteiger partial charge in [0.05, 0.1) is 13.0 Å². The minimum absolute atomic E-state index is 0.0610. The lowest BCUT2D eigenvalue weighted by Gasteiger charge is -2.33. The van der Waals surface area contributed by atoms with Gasteiger partial charge in [0.1, 0.15) is 0 Å². The molecule has 0 saturated carbocycles. The van der Waals surface area contributed by atoms with Crippen LogP contribution in [0.25, 0.3) is 0 Å². The number of rotatable bonds is 7. The molecule has 0 aliphatic carbocycles. The van der Waals surface area contributed by atoms with Gasteiger partial charge in [-0.1, -0.05) is 6.92 Å². The summed E-state index contributed by atoms with van der Waals surface area (Å²) in [5.74, 6) is -0.0610. The molecule has 1 fully saturated rings. The molecule has 0 radical (unpaired) electrons. The Morgan fingerprint density at radius 3 is 2.65 bits per heavy atom. The maximum absolute atomic E-state index is 11.9. The van der Waals surface area contributed by atoms with Crippen LogP contribution in [0.4, 0.5) is 0 Å². The molecule has 0 aromatic carbocycles. The van der Waals surface area contributed by atoms with Crippen molar-refractivity contribution in [1.29, 1.82) is 0 Å². The molecule has 1 saturated heterocycles. The molecule has 4 nitrogen and oxygen atoms in total. The first-order valence-electron chi connectivity index (χ1n) is 8.17. The van der Waals surface area contributed by atoms with Crippen LogP contribution in [0.1, 0.15) is 59.8 Å². The van der Waals surface area contributed by atoms with Crippen molar-refractivity contribution in [2.75, 3.05) is 26.2 Å². The van der Waals surface area contributed by atoms with Crippen molar-refractivity contribution in [1.82, 2.24) is 10.2 Å². The van der Waals surface area contributed by atoms with Gasteiger partial charge < -0.3 is 15.0 Å². The fourth-order valence-corrected chi connectivity index (χ4v) is 3.03. The molecule has 1 rings (SSSR count). The maximum Gasteiger partial charge on any atom is 0.307 e. The number of likely N-dealkylation sites (tertiary alicyclic amines) is 1. The van der Waals surface area contributed by atoms with Crippen molar-refractivity contribution in [2.45, 2.75) is 71.4 Å². The molecule has 1 N–H and O–H groups in total. The van der Waals surface area contributed by atoms with Crippen molar-refractivity contribution in [2.24, 2.45) is 0 Å². The predicted octanol–water partition coefficient (Wildman–Crippen LogP) is 2.57. The molecular formula is C16H32N2O2. The fraction of sp³-hybridized carbons (Fsp3) is 0.938. The first kappa shape index (κ1) is 17.4. The second kappa shape index (κ2) is 8.63. The Kier molecular flexibility index (Phi) is 7.52. The van der Waals surface area contributed by atoms with E-state index >= 15 is 0 Å². The molecule has 1 atom stereocenters. The van der Waals surface area contributed by atoms with Gasteiger partial charge in [0.2, 0.25) is 0 Å². The molecule has 0 bridgehead atoms. The Hall–Kier alpha value is -0.610. The SMILES string of the molecule is CCCNC1(CC(=O)OCC)CCCN(C(C)C)CC1. The highest BCUT2D eigenvalue weighted by molar-refractivity contribution is 5.70. The number of nitrogens with zero attached hydrogens (tertiary/aromatic N) is 1. The van der Waals surface area contributed by atoms with Crippen molar-refractivity contribution in [3.8, 4) is 0 Å². The normalized spacial score (nSPS) is 24.6. The maximum atomic E-state index is 11.9. The summed E-state index contributed by atoms with van der Waals surface area (Å²) in [5.41, 5.74) is -0.0636. The summed E-state index contributed by atoms with van der Waals surface area (Å²) >= 11 is 0. The van der Waals surface area contributed by atoms with Crippen LogP contribution in [0.3, 0.4) is 0 Å². The van der Waals surface area contributed by atoms with E-state index in [1.165, 1.54) is 0 Å². The summed E-state index contributed by atoms with van der Waals surface area (Å²) in [4.78, 5) is 14.4. The average Bonchev–Trinajstić information content (AvgIpc) is 2.60. The Balaban J connectivity index is 2.69. The second-order valence-corrected chi connectivity index (χ2v) is 6.17. The zero-order valence-electron chi connectivity index (χ0n) is 13.7. The van der Waals surface area contributed by atoms with Crippen LogP contribution < -0.4 is 5.32 Å². The van der Waals surface area contributed by atoms with E-state index in [-0.39, 0.29) is 11.5 Å². The van der Waals surface area contributed by atoms with E-state index in [0.717, 1.165) is 45.3 Å². The van der Waals surface area contributed by atoms with E-state index in [1.807, 2.05) is 6.92 Å². The molecule has 0 spiro atoms. The Labute approximate surface area is 124 Å². The van der Waals surface area contributed by atoms with E-state index in [2.05, 4.69) is 31.0 Å². The van der Waals surface area contributed by atoms with Gasteiger partial charge in [-0.2, -0.15) is 0 Å². The molecule has 1 unspecified atom stereocenters. The van der Waals surface area contributed by atoms with Crippen LogP contribution in [0.5, 0.6) is 0 Å². The summed E-state index contributed by atoms with van der Waals surface area (Å²) in [7, 11) is 0. The highest BCUT2D eigenvalue weighted by Gasteiger charge is 2.35. The van der Waals surface area contributed by atoms with Crippen LogP contribution >= 0.6 is 0 Å². The van der Waals surface area contributed by atoms with Crippen molar-refractivity contribution in [3.63, 3.8) is 0 Å². The first-order chi connectivity index (χ1) is 9.53. The fourth-order valence-electron chi connectivity index (χ4n) is 3.03. The Morgan fingerprint density at radius 2 is 2.05 bits per heavy atom. The monoisotopic (exact) mass is 284 g/mol. The summed E-state index contributed by atoms with van der Waals surface area (Å²) in [5, 5.41) is 3.65. The second-order valence-electron chi connectivity index (χ2n) is 6.17. The number of carbonyl (C=O) groups is 1. The number of carbonyl (C=O) groups excluding carboxylic acids is 1. The summed E-state index contributed by atoms with van der Waals surface area (Å²) in [6.07, 6.45) is 4.85. The molecule has 118 valence electrons. The van der Waals surface area contributed by atoms with Crippen LogP contribution in [0, 0.1) is 0 Å². The van der Waals surface area contributed by atoms with E-state index in [1.54, 1.807) is 0 Å². The first-order valence-corrected chi connectivity index (χ1v) is 8.17. The van der Waals surface area contributed by atoms with E-state index < -0.39 is 0 Å². The molecule has 1 aliphatic rings. The summed E-state index contributed by atoms with van der Waals surface area (Å²) < 4.78 is 5.17. The van der Waals surface area contributed by atoms with Crippen LogP contribution in [0.2, 0.25) is 0 Å². The predicted molar refractivity (Wildman–Crippen MR) is 82.8 cm³/mol. The number of nitrogens with one attached hydrogen (secondary N) is 1. The molecule has 4 heteroatoms. The zero-order chi connectivity index (χ0) is 15.0. The van der Waals surface area contributed by atoms with E-state index in [0.29, 0.717) is 19.1 Å². The van der Waals surface area contributed by atoms with Crippen molar-refractivity contribution < 1.29 is 9.53 Å². The van der Waals surface area contributed by atoms with Gasteiger partial charge >= 0.3 is 5.97 Å². The Bertz CT molecular complexity index is 294. The van der Waals surface area contributed by atoms with Gasteiger partial charge in [0, 0.05) is 18.1 Å². The molecule has 1 heterocycles. The minimum atomic E-state index is -0.0636. The highest BCUT2D eigenvalue weighted by atomic mass is 16.5. The van der Waals surface area contributed by atoms with Gasteiger partial charge in [-0.05, 0) is 59.5 Å². The zero-order valence-corrected chi connectivity index (χ0v) is 13.7. The third-order valence-corrected chi connectivity index (χ3v) is 4.25.